The molecule has 136 valence electrons. The maximum absolute atomic E-state index is 13.1. The van der Waals surface area contributed by atoms with Crippen molar-refractivity contribution in [2.24, 2.45) is 5.73 Å². The van der Waals surface area contributed by atoms with Crippen LogP contribution in [0.2, 0.25) is 0 Å². The third kappa shape index (κ3) is 4.89. The number of anilines is 2. The van der Waals surface area contributed by atoms with Gasteiger partial charge in [-0.05, 0) is 37.6 Å². The molecule has 0 aromatic heterocycles. The van der Waals surface area contributed by atoms with E-state index in [0.717, 1.165) is 11.6 Å². The first-order valence-electron chi connectivity index (χ1n) is 8.32. The highest BCUT2D eigenvalue weighted by Gasteiger charge is 2.32. The number of nitrogens with zero attached hydrogens (tertiary/aromatic N) is 1. The van der Waals surface area contributed by atoms with Gasteiger partial charge >= 0.3 is 6.18 Å². The fourth-order valence-electron chi connectivity index (χ4n) is 2.73. The Balaban J connectivity index is 2.36. The number of nitrogens with one attached hydrogen (secondary N) is 1. The molecule has 2 rings (SSSR count). The van der Waals surface area contributed by atoms with Crippen molar-refractivity contribution in [2.75, 3.05) is 23.3 Å². The largest absolute Gasteiger partial charge is 0.416 e. The standard InChI is InChI=1S/C19H24F3N3/c1-3-25(14(2)12-23)18-11-16(19(20,21)22)9-10-17(18)24-13-15-7-5-4-6-8-15/h4-11,14,24H,3,12-13,23H2,1-2H3. The van der Waals surface area contributed by atoms with Gasteiger partial charge in [-0.1, -0.05) is 30.3 Å². The summed E-state index contributed by atoms with van der Waals surface area (Å²) in [5, 5.41) is 3.25. The van der Waals surface area contributed by atoms with Crippen LogP contribution >= 0.6 is 0 Å². The molecule has 0 amide bonds. The molecule has 0 spiro atoms. The van der Waals surface area contributed by atoms with E-state index in [1.165, 1.54) is 12.1 Å². The van der Waals surface area contributed by atoms with Gasteiger partial charge in [0.1, 0.15) is 0 Å². The molecule has 1 atom stereocenters. The van der Waals surface area contributed by atoms with Crippen LogP contribution in [0.4, 0.5) is 24.5 Å². The Labute approximate surface area is 146 Å². The summed E-state index contributed by atoms with van der Waals surface area (Å²) in [6, 6.07) is 13.5. The Kier molecular flexibility index (Phi) is 6.31. The highest BCUT2D eigenvalue weighted by molar-refractivity contribution is 5.72. The van der Waals surface area contributed by atoms with Crippen LogP contribution in [0.3, 0.4) is 0 Å². The summed E-state index contributed by atoms with van der Waals surface area (Å²) in [4.78, 5) is 1.89. The second-order valence-corrected chi connectivity index (χ2v) is 5.94. The average molecular weight is 351 g/mol. The van der Waals surface area contributed by atoms with Gasteiger partial charge < -0.3 is 16.0 Å². The summed E-state index contributed by atoms with van der Waals surface area (Å²) in [7, 11) is 0. The molecule has 25 heavy (non-hydrogen) atoms. The van der Waals surface area contributed by atoms with Crippen molar-refractivity contribution in [2.45, 2.75) is 32.6 Å². The number of rotatable bonds is 7. The number of benzene rings is 2. The minimum atomic E-state index is -4.38. The van der Waals surface area contributed by atoms with Gasteiger partial charge in [-0.3, -0.25) is 0 Å². The zero-order valence-electron chi connectivity index (χ0n) is 14.5. The first-order valence-corrected chi connectivity index (χ1v) is 8.32. The van der Waals surface area contributed by atoms with Gasteiger partial charge in [0.15, 0.2) is 0 Å². The molecule has 0 aliphatic heterocycles. The average Bonchev–Trinajstić information content (AvgIpc) is 2.61. The number of alkyl halides is 3. The van der Waals surface area contributed by atoms with E-state index in [1.807, 2.05) is 49.1 Å². The van der Waals surface area contributed by atoms with Gasteiger partial charge in [0.05, 0.1) is 16.9 Å². The zero-order chi connectivity index (χ0) is 18.4. The van der Waals surface area contributed by atoms with E-state index < -0.39 is 11.7 Å². The molecule has 2 aromatic carbocycles. The lowest BCUT2D eigenvalue weighted by Crippen LogP contribution is -2.38. The topological polar surface area (TPSA) is 41.3 Å². The van der Waals surface area contributed by atoms with Gasteiger partial charge in [-0.15, -0.1) is 0 Å². The molecule has 0 aliphatic carbocycles. The summed E-state index contributed by atoms with van der Waals surface area (Å²) in [5.41, 5.74) is 7.33. The number of hydrogen-bond donors (Lipinski definition) is 2. The molecular formula is C19H24F3N3. The summed E-state index contributed by atoms with van der Waals surface area (Å²) < 4.78 is 39.4. The smallest absolute Gasteiger partial charge is 0.379 e. The summed E-state index contributed by atoms with van der Waals surface area (Å²) in [6.07, 6.45) is -4.38. The van der Waals surface area contributed by atoms with Gasteiger partial charge in [0, 0.05) is 25.7 Å². The van der Waals surface area contributed by atoms with Crippen LogP contribution in [0.15, 0.2) is 48.5 Å². The lowest BCUT2D eigenvalue weighted by molar-refractivity contribution is -0.137. The normalized spacial score (nSPS) is 12.7. The number of nitrogens with two attached hydrogens (primary N) is 1. The second kappa shape index (κ2) is 8.25. The summed E-state index contributed by atoms with van der Waals surface area (Å²) >= 11 is 0. The van der Waals surface area contributed by atoms with Crippen molar-refractivity contribution in [3.05, 3.63) is 59.7 Å². The minimum Gasteiger partial charge on any atom is -0.379 e. The van der Waals surface area contributed by atoms with Crippen LogP contribution in [0.5, 0.6) is 0 Å². The molecule has 0 bridgehead atoms. The van der Waals surface area contributed by atoms with Gasteiger partial charge in [-0.25, -0.2) is 0 Å². The fraction of sp³-hybridized carbons (Fsp3) is 0.368. The molecule has 3 nitrogen and oxygen atoms in total. The molecule has 0 radical (unpaired) electrons. The molecule has 0 saturated heterocycles. The third-order valence-electron chi connectivity index (χ3n) is 4.17. The van der Waals surface area contributed by atoms with E-state index in [2.05, 4.69) is 5.32 Å². The molecule has 0 aliphatic rings. The first kappa shape index (κ1) is 19.1. The van der Waals surface area contributed by atoms with Gasteiger partial charge in [-0.2, -0.15) is 13.2 Å². The van der Waals surface area contributed by atoms with Gasteiger partial charge in [0.25, 0.3) is 0 Å². The van der Waals surface area contributed by atoms with E-state index >= 15 is 0 Å². The highest BCUT2D eigenvalue weighted by atomic mass is 19.4. The van der Waals surface area contributed by atoms with Crippen molar-refractivity contribution >= 4 is 11.4 Å². The third-order valence-corrected chi connectivity index (χ3v) is 4.17. The van der Waals surface area contributed by atoms with Crippen LogP contribution in [0.25, 0.3) is 0 Å². The van der Waals surface area contributed by atoms with Crippen molar-refractivity contribution < 1.29 is 13.2 Å². The van der Waals surface area contributed by atoms with Crippen LogP contribution in [0.1, 0.15) is 25.0 Å². The Bertz CT molecular complexity index is 671. The first-order chi connectivity index (χ1) is 11.9. The number of likely N-dealkylation sites (N-methyl/N-ethyl adjacent to an activating group) is 1. The van der Waals surface area contributed by atoms with Crippen LogP contribution in [-0.2, 0) is 12.7 Å². The quantitative estimate of drug-likeness (QED) is 0.772. The Morgan fingerprint density at radius 2 is 1.80 bits per heavy atom. The van der Waals surface area contributed by atoms with Crippen molar-refractivity contribution in [3.8, 4) is 0 Å². The molecule has 0 fully saturated rings. The summed E-state index contributed by atoms with van der Waals surface area (Å²) in [5.74, 6) is 0. The lowest BCUT2D eigenvalue weighted by atomic mass is 10.1. The SMILES string of the molecule is CCN(c1cc(C(F)(F)F)ccc1NCc1ccccc1)C(C)CN. The van der Waals surface area contributed by atoms with Crippen molar-refractivity contribution in [1.82, 2.24) is 0 Å². The molecule has 2 aromatic rings. The maximum Gasteiger partial charge on any atom is 0.416 e. The van der Waals surface area contributed by atoms with Crippen LogP contribution < -0.4 is 16.0 Å². The lowest BCUT2D eigenvalue weighted by Gasteiger charge is -2.32. The Morgan fingerprint density at radius 3 is 2.36 bits per heavy atom. The molecule has 0 saturated carbocycles. The number of hydrogen-bond acceptors (Lipinski definition) is 3. The van der Waals surface area contributed by atoms with E-state index in [1.54, 1.807) is 0 Å². The predicted molar refractivity (Wildman–Crippen MR) is 96.7 cm³/mol. The number of halogens is 3. The fourth-order valence-corrected chi connectivity index (χ4v) is 2.73. The Morgan fingerprint density at radius 1 is 1.12 bits per heavy atom. The molecule has 3 N–H and O–H groups in total. The van der Waals surface area contributed by atoms with Crippen molar-refractivity contribution in [1.29, 1.82) is 0 Å². The van der Waals surface area contributed by atoms with Gasteiger partial charge in [0.2, 0.25) is 0 Å². The Hall–Kier alpha value is -2.21. The molecule has 0 heterocycles. The minimum absolute atomic E-state index is 0.0641. The zero-order valence-corrected chi connectivity index (χ0v) is 14.5. The summed E-state index contributed by atoms with van der Waals surface area (Å²) in [6.45, 7) is 5.29. The highest BCUT2D eigenvalue weighted by Crippen LogP contribution is 2.36. The van der Waals surface area contributed by atoms with E-state index in [0.29, 0.717) is 31.0 Å². The van der Waals surface area contributed by atoms with Crippen LogP contribution in [0, 0.1) is 0 Å². The molecule has 1 unspecified atom stereocenters. The van der Waals surface area contributed by atoms with E-state index in [-0.39, 0.29) is 6.04 Å². The second-order valence-electron chi connectivity index (χ2n) is 5.94. The maximum atomic E-state index is 13.1. The molecule has 6 heteroatoms. The van der Waals surface area contributed by atoms with E-state index in [4.69, 9.17) is 5.73 Å². The van der Waals surface area contributed by atoms with Crippen LogP contribution in [-0.4, -0.2) is 19.1 Å². The predicted octanol–water partition coefficient (Wildman–Crippen LogP) is 4.49. The van der Waals surface area contributed by atoms with Crippen molar-refractivity contribution in [3.63, 3.8) is 0 Å². The monoisotopic (exact) mass is 351 g/mol. The van der Waals surface area contributed by atoms with E-state index in [9.17, 15) is 13.2 Å². The molecular weight excluding hydrogens is 327 g/mol.